The summed E-state index contributed by atoms with van der Waals surface area (Å²) in [7, 11) is 0. The van der Waals surface area contributed by atoms with Gasteiger partial charge in [-0.1, -0.05) is 30.3 Å². The fourth-order valence-corrected chi connectivity index (χ4v) is 2.35. The molecule has 0 unspecified atom stereocenters. The zero-order valence-electron chi connectivity index (χ0n) is 11.1. The van der Waals surface area contributed by atoms with Gasteiger partial charge >= 0.3 is 5.69 Å². The first-order valence-electron chi connectivity index (χ1n) is 6.52. The largest absolute Gasteiger partial charge is 0.491 e. The zero-order chi connectivity index (χ0) is 14.7. The number of nitrogens with one attached hydrogen (secondary N) is 3. The molecular formula is C15H14ClN3O2. The molecule has 3 aromatic rings. The van der Waals surface area contributed by atoms with Crippen LogP contribution in [0.2, 0.25) is 0 Å². The van der Waals surface area contributed by atoms with Crippen LogP contribution in [-0.4, -0.2) is 16.6 Å². The van der Waals surface area contributed by atoms with Crippen molar-refractivity contribution in [2.75, 3.05) is 6.61 Å². The second-order valence-electron chi connectivity index (χ2n) is 4.67. The number of hydrogen-bond acceptors (Lipinski definition) is 3. The van der Waals surface area contributed by atoms with Gasteiger partial charge in [-0.2, -0.15) is 0 Å². The van der Waals surface area contributed by atoms with Crippen LogP contribution in [0, 0.1) is 0 Å². The third-order valence-corrected chi connectivity index (χ3v) is 3.50. The summed E-state index contributed by atoms with van der Waals surface area (Å²) in [5, 5.41) is 0. The van der Waals surface area contributed by atoms with Crippen molar-refractivity contribution < 1.29 is 4.74 Å². The van der Waals surface area contributed by atoms with Gasteiger partial charge in [-0.15, -0.1) is 0 Å². The van der Waals surface area contributed by atoms with Crippen LogP contribution >= 0.6 is 11.8 Å². The highest BCUT2D eigenvalue weighted by atomic mass is 35.5. The maximum Gasteiger partial charge on any atom is 0.323 e. The van der Waals surface area contributed by atoms with E-state index in [4.69, 9.17) is 16.5 Å². The molecule has 0 bridgehead atoms. The Morgan fingerprint density at radius 2 is 1.86 bits per heavy atom. The number of fused-ring (bicyclic) bond motifs is 1. The second kappa shape index (κ2) is 6.03. The maximum absolute atomic E-state index is 11.2. The summed E-state index contributed by atoms with van der Waals surface area (Å²) in [6, 6.07) is 15.1. The van der Waals surface area contributed by atoms with Crippen LogP contribution < -0.4 is 15.3 Å². The molecule has 1 heterocycles. The van der Waals surface area contributed by atoms with E-state index in [9.17, 15) is 4.79 Å². The van der Waals surface area contributed by atoms with E-state index < -0.39 is 0 Å². The van der Waals surface area contributed by atoms with Crippen molar-refractivity contribution in [3.05, 3.63) is 64.6 Å². The molecule has 6 heteroatoms. The van der Waals surface area contributed by atoms with Crippen LogP contribution in [0.5, 0.6) is 5.75 Å². The SMILES string of the molecule is O=c1[nH]c2ccc(OC[C@H](NCl)c3ccccc3)cc2[nH]1. The molecule has 0 amide bonds. The summed E-state index contributed by atoms with van der Waals surface area (Å²) in [6.07, 6.45) is 0. The number of H-pyrrole nitrogens is 2. The van der Waals surface area contributed by atoms with Gasteiger partial charge in [0.1, 0.15) is 12.4 Å². The number of halogens is 1. The quantitative estimate of drug-likeness (QED) is 0.635. The van der Waals surface area contributed by atoms with Gasteiger partial charge in [0.2, 0.25) is 0 Å². The molecule has 108 valence electrons. The van der Waals surface area contributed by atoms with Crippen molar-refractivity contribution in [2.24, 2.45) is 0 Å². The fourth-order valence-electron chi connectivity index (χ4n) is 2.16. The Balaban J connectivity index is 1.74. The minimum Gasteiger partial charge on any atom is -0.491 e. The van der Waals surface area contributed by atoms with Gasteiger partial charge in [0.15, 0.2) is 0 Å². The van der Waals surface area contributed by atoms with Crippen molar-refractivity contribution in [3.63, 3.8) is 0 Å². The first-order chi connectivity index (χ1) is 10.3. The van der Waals surface area contributed by atoms with Crippen LogP contribution in [0.25, 0.3) is 11.0 Å². The summed E-state index contributed by atoms with van der Waals surface area (Å²) in [4.78, 5) is 19.3. The highest BCUT2D eigenvalue weighted by molar-refractivity contribution is 6.13. The van der Waals surface area contributed by atoms with E-state index in [1.807, 2.05) is 36.4 Å². The Morgan fingerprint density at radius 1 is 1.10 bits per heavy atom. The van der Waals surface area contributed by atoms with Gasteiger partial charge in [0.25, 0.3) is 0 Å². The van der Waals surface area contributed by atoms with Crippen LogP contribution in [0.3, 0.4) is 0 Å². The molecule has 21 heavy (non-hydrogen) atoms. The molecule has 2 aromatic carbocycles. The van der Waals surface area contributed by atoms with E-state index in [-0.39, 0.29) is 11.7 Å². The van der Waals surface area contributed by atoms with E-state index in [1.165, 1.54) is 0 Å². The zero-order valence-corrected chi connectivity index (χ0v) is 11.9. The molecular weight excluding hydrogens is 290 g/mol. The minimum absolute atomic E-state index is 0.117. The predicted molar refractivity (Wildman–Crippen MR) is 82.6 cm³/mol. The molecule has 0 aliphatic rings. The number of imidazole rings is 1. The smallest absolute Gasteiger partial charge is 0.323 e. The normalized spacial score (nSPS) is 12.4. The Bertz CT molecular complexity index is 782. The Hall–Kier alpha value is -2.24. The van der Waals surface area contributed by atoms with Crippen LogP contribution in [0.4, 0.5) is 0 Å². The molecule has 0 fully saturated rings. The molecule has 0 spiro atoms. The van der Waals surface area contributed by atoms with Crippen molar-refractivity contribution in [1.82, 2.24) is 14.8 Å². The summed E-state index contributed by atoms with van der Waals surface area (Å²) >= 11 is 5.78. The van der Waals surface area contributed by atoms with Crippen LogP contribution in [0.15, 0.2) is 53.3 Å². The predicted octanol–water partition coefficient (Wildman–Crippen LogP) is 2.72. The maximum atomic E-state index is 11.2. The third-order valence-electron chi connectivity index (χ3n) is 3.24. The molecule has 0 saturated carbocycles. The van der Waals surface area contributed by atoms with Gasteiger partial charge in [0.05, 0.1) is 17.1 Å². The lowest BCUT2D eigenvalue weighted by Gasteiger charge is -2.16. The molecule has 3 rings (SSSR count). The summed E-state index contributed by atoms with van der Waals surface area (Å²) in [5.41, 5.74) is 2.28. The number of rotatable bonds is 5. The molecule has 3 N–H and O–H groups in total. The van der Waals surface area contributed by atoms with Crippen molar-refractivity contribution in [2.45, 2.75) is 6.04 Å². The molecule has 5 nitrogen and oxygen atoms in total. The topological polar surface area (TPSA) is 69.9 Å². The number of aromatic nitrogens is 2. The first kappa shape index (κ1) is 13.7. The summed E-state index contributed by atoms with van der Waals surface area (Å²) in [6.45, 7) is 0.383. The monoisotopic (exact) mass is 303 g/mol. The Kier molecular flexibility index (Phi) is 3.94. The van der Waals surface area contributed by atoms with Gasteiger partial charge < -0.3 is 14.7 Å². The number of aromatic amines is 2. The fraction of sp³-hybridized carbons (Fsp3) is 0.133. The van der Waals surface area contributed by atoms with Gasteiger partial charge in [0, 0.05) is 6.07 Å². The van der Waals surface area contributed by atoms with Crippen molar-refractivity contribution in [3.8, 4) is 5.75 Å². The van der Waals surface area contributed by atoms with E-state index in [2.05, 4.69) is 14.8 Å². The van der Waals surface area contributed by atoms with Gasteiger partial charge in [-0.25, -0.2) is 9.63 Å². The lowest BCUT2D eigenvalue weighted by atomic mass is 10.1. The molecule has 1 atom stereocenters. The average molecular weight is 304 g/mol. The summed E-state index contributed by atoms with van der Waals surface area (Å²) in [5.74, 6) is 0.672. The van der Waals surface area contributed by atoms with E-state index >= 15 is 0 Å². The Morgan fingerprint density at radius 3 is 2.62 bits per heavy atom. The van der Waals surface area contributed by atoms with Crippen molar-refractivity contribution in [1.29, 1.82) is 0 Å². The first-order valence-corrected chi connectivity index (χ1v) is 6.90. The highest BCUT2D eigenvalue weighted by Crippen LogP contribution is 2.20. The lowest BCUT2D eigenvalue weighted by Crippen LogP contribution is -2.19. The number of benzene rings is 2. The lowest BCUT2D eigenvalue weighted by molar-refractivity contribution is 0.283. The van der Waals surface area contributed by atoms with Crippen LogP contribution in [0.1, 0.15) is 11.6 Å². The molecule has 0 aliphatic carbocycles. The average Bonchev–Trinajstić information content (AvgIpc) is 2.88. The summed E-state index contributed by atoms with van der Waals surface area (Å²) < 4.78 is 5.75. The van der Waals surface area contributed by atoms with E-state index in [0.29, 0.717) is 17.9 Å². The molecule has 0 aliphatic heterocycles. The second-order valence-corrected chi connectivity index (χ2v) is 4.89. The molecule has 1 aromatic heterocycles. The third kappa shape index (κ3) is 3.09. The number of hydrogen-bond donors (Lipinski definition) is 3. The Labute approximate surface area is 126 Å². The van der Waals surface area contributed by atoms with Gasteiger partial charge in [-0.05, 0) is 29.5 Å². The molecule has 0 saturated heterocycles. The minimum atomic E-state index is -0.230. The van der Waals surface area contributed by atoms with E-state index in [1.54, 1.807) is 12.1 Å². The number of ether oxygens (including phenoxy) is 1. The van der Waals surface area contributed by atoms with Gasteiger partial charge in [-0.3, -0.25) is 0 Å². The van der Waals surface area contributed by atoms with E-state index in [0.717, 1.165) is 11.1 Å². The standard InChI is InChI=1S/C15H14ClN3O2/c16-19-14(10-4-2-1-3-5-10)9-21-11-6-7-12-13(8-11)18-15(20)17-12/h1-8,14,19H,9H2,(H2,17,18,20)/t14-/m0/s1. The van der Waals surface area contributed by atoms with Crippen LogP contribution in [-0.2, 0) is 0 Å². The van der Waals surface area contributed by atoms with Crippen molar-refractivity contribution >= 4 is 22.8 Å². The highest BCUT2D eigenvalue weighted by Gasteiger charge is 2.11. The molecule has 0 radical (unpaired) electrons.